The number of carbonyl (C=O) groups is 2. The van der Waals surface area contributed by atoms with Crippen LogP contribution in [-0.2, 0) is 4.79 Å². The van der Waals surface area contributed by atoms with E-state index in [0.717, 1.165) is 6.07 Å². The van der Waals surface area contributed by atoms with Crippen LogP contribution in [0.25, 0.3) is 0 Å². The molecule has 0 aliphatic carbocycles. The van der Waals surface area contributed by atoms with Gasteiger partial charge in [0.15, 0.2) is 6.61 Å². The molecule has 2 N–H and O–H groups in total. The molecule has 0 fully saturated rings. The minimum Gasteiger partial charge on any atom is -0.482 e. The SMILES string of the molecule is Cc1ccc(NC(=O)C(C)NC(=O)c2cccc([N+](=O)[O-])c2)c(OCC(F)(F)F)c1. The number of nitro groups is 1. The average molecular weight is 425 g/mol. The smallest absolute Gasteiger partial charge is 0.422 e. The molecule has 160 valence electrons. The third-order valence-corrected chi connectivity index (χ3v) is 3.85. The van der Waals surface area contributed by atoms with Crippen LogP contribution in [0, 0.1) is 17.0 Å². The molecule has 8 nitrogen and oxygen atoms in total. The zero-order valence-corrected chi connectivity index (χ0v) is 15.9. The lowest BCUT2D eigenvalue weighted by molar-refractivity contribution is -0.384. The quantitative estimate of drug-likeness (QED) is 0.520. The number of non-ortho nitro benzene ring substituents is 1. The summed E-state index contributed by atoms with van der Waals surface area (Å²) in [6.45, 7) is 1.47. The van der Waals surface area contributed by atoms with Crippen molar-refractivity contribution in [1.29, 1.82) is 0 Å². The second kappa shape index (κ2) is 9.25. The van der Waals surface area contributed by atoms with E-state index in [2.05, 4.69) is 10.6 Å². The van der Waals surface area contributed by atoms with E-state index in [1.54, 1.807) is 13.0 Å². The lowest BCUT2D eigenvalue weighted by atomic mass is 10.1. The summed E-state index contributed by atoms with van der Waals surface area (Å²) in [4.78, 5) is 34.8. The van der Waals surface area contributed by atoms with Crippen molar-refractivity contribution < 1.29 is 32.4 Å². The number of nitrogens with zero attached hydrogens (tertiary/aromatic N) is 1. The largest absolute Gasteiger partial charge is 0.482 e. The highest BCUT2D eigenvalue weighted by Crippen LogP contribution is 2.28. The second-order valence-electron chi connectivity index (χ2n) is 6.40. The molecule has 0 saturated carbocycles. The fourth-order valence-electron chi connectivity index (χ4n) is 2.36. The summed E-state index contributed by atoms with van der Waals surface area (Å²) in [5.41, 5.74) is 0.322. The molecule has 0 bridgehead atoms. The first-order chi connectivity index (χ1) is 14.0. The van der Waals surface area contributed by atoms with Crippen molar-refractivity contribution in [3.8, 4) is 5.75 Å². The number of aryl methyl sites for hydroxylation is 1. The zero-order valence-electron chi connectivity index (χ0n) is 15.9. The number of rotatable bonds is 7. The Bertz CT molecular complexity index is 963. The van der Waals surface area contributed by atoms with Crippen molar-refractivity contribution in [2.75, 3.05) is 11.9 Å². The lowest BCUT2D eigenvalue weighted by Crippen LogP contribution is -2.41. The predicted octanol–water partition coefficient (Wildman–Crippen LogP) is 3.60. The van der Waals surface area contributed by atoms with Crippen LogP contribution in [0.5, 0.6) is 5.75 Å². The number of amides is 2. The number of nitrogens with one attached hydrogen (secondary N) is 2. The molecule has 1 unspecified atom stereocenters. The lowest BCUT2D eigenvalue weighted by Gasteiger charge is -2.17. The minimum absolute atomic E-state index is 0.00583. The molecule has 1 atom stereocenters. The van der Waals surface area contributed by atoms with Crippen molar-refractivity contribution in [3.05, 3.63) is 63.7 Å². The van der Waals surface area contributed by atoms with Gasteiger partial charge in [0, 0.05) is 17.7 Å². The molecule has 2 aromatic rings. The fraction of sp³-hybridized carbons (Fsp3) is 0.263. The van der Waals surface area contributed by atoms with Crippen molar-refractivity contribution in [1.82, 2.24) is 5.32 Å². The monoisotopic (exact) mass is 425 g/mol. The number of benzene rings is 2. The van der Waals surface area contributed by atoms with Crippen LogP contribution in [-0.4, -0.2) is 35.6 Å². The Morgan fingerprint density at radius 2 is 1.90 bits per heavy atom. The van der Waals surface area contributed by atoms with Gasteiger partial charge >= 0.3 is 6.18 Å². The number of nitro benzene ring substituents is 1. The van der Waals surface area contributed by atoms with Crippen LogP contribution in [0.2, 0.25) is 0 Å². The third kappa shape index (κ3) is 6.47. The highest BCUT2D eigenvalue weighted by molar-refractivity contribution is 6.01. The Kier molecular flexibility index (Phi) is 6.98. The van der Waals surface area contributed by atoms with Crippen LogP contribution < -0.4 is 15.4 Å². The van der Waals surface area contributed by atoms with E-state index in [0.29, 0.717) is 5.56 Å². The van der Waals surface area contributed by atoms with Crippen LogP contribution in [0.3, 0.4) is 0 Å². The van der Waals surface area contributed by atoms with Crippen LogP contribution >= 0.6 is 0 Å². The van der Waals surface area contributed by atoms with E-state index in [9.17, 15) is 32.9 Å². The summed E-state index contributed by atoms with van der Waals surface area (Å²) in [6.07, 6.45) is -4.55. The van der Waals surface area contributed by atoms with Gasteiger partial charge < -0.3 is 15.4 Å². The maximum atomic E-state index is 12.4. The molecule has 30 heavy (non-hydrogen) atoms. The Hall–Kier alpha value is -3.63. The first kappa shape index (κ1) is 22.7. The predicted molar refractivity (Wildman–Crippen MR) is 101 cm³/mol. The number of halogens is 3. The topological polar surface area (TPSA) is 111 Å². The number of alkyl halides is 3. The molecule has 0 saturated heterocycles. The molecule has 0 spiro atoms. The van der Waals surface area contributed by atoms with Crippen LogP contribution in [0.1, 0.15) is 22.8 Å². The van der Waals surface area contributed by atoms with Gasteiger partial charge in [-0.1, -0.05) is 12.1 Å². The number of hydrogen-bond acceptors (Lipinski definition) is 5. The molecule has 0 radical (unpaired) electrons. The molecule has 0 aromatic heterocycles. The van der Waals surface area contributed by atoms with Crippen molar-refractivity contribution in [3.63, 3.8) is 0 Å². The highest BCUT2D eigenvalue weighted by Gasteiger charge is 2.29. The van der Waals surface area contributed by atoms with Crippen LogP contribution in [0.15, 0.2) is 42.5 Å². The van der Waals surface area contributed by atoms with Gasteiger partial charge in [0.2, 0.25) is 5.91 Å². The normalized spacial score (nSPS) is 12.0. The van der Waals surface area contributed by atoms with Gasteiger partial charge in [-0.05, 0) is 37.6 Å². The van der Waals surface area contributed by atoms with Crippen molar-refractivity contribution in [2.24, 2.45) is 0 Å². The second-order valence-corrected chi connectivity index (χ2v) is 6.40. The first-order valence-corrected chi connectivity index (χ1v) is 8.62. The number of carbonyl (C=O) groups excluding carboxylic acids is 2. The average Bonchev–Trinajstić information content (AvgIpc) is 2.67. The van der Waals surface area contributed by atoms with E-state index >= 15 is 0 Å². The summed E-state index contributed by atoms with van der Waals surface area (Å²) in [5, 5.41) is 15.6. The van der Waals surface area contributed by atoms with Crippen molar-refractivity contribution in [2.45, 2.75) is 26.1 Å². The summed E-state index contributed by atoms with van der Waals surface area (Å²) in [7, 11) is 0. The molecular formula is C19H18F3N3O5. The molecule has 0 aliphatic rings. The van der Waals surface area contributed by atoms with Gasteiger partial charge in [-0.15, -0.1) is 0 Å². The van der Waals surface area contributed by atoms with E-state index < -0.39 is 35.6 Å². The summed E-state index contributed by atoms with van der Waals surface area (Å²) >= 11 is 0. The Morgan fingerprint density at radius 1 is 1.20 bits per heavy atom. The van der Waals surface area contributed by atoms with Gasteiger partial charge in [0.05, 0.1) is 10.6 Å². The Labute approximate surface area is 169 Å². The first-order valence-electron chi connectivity index (χ1n) is 8.62. The van der Waals surface area contributed by atoms with Gasteiger partial charge in [-0.25, -0.2) is 0 Å². The minimum atomic E-state index is -4.55. The molecule has 0 heterocycles. The van der Waals surface area contributed by atoms with E-state index in [-0.39, 0.29) is 22.7 Å². The molecule has 2 aromatic carbocycles. The summed E-state index contributed by atoms with van der Waals surface area (Å²) in [5.74, 6) is -1.61. The van der Waals surface area contributed by atoms with Gasteiger partial charge in [0.25, 0.3) is 11.6 Å². The highest BCUT2D eigenvalue weighted by atomic mass is 19.4. The molecular weight excluding hydrogens is 407 g/mol. The number of anilines is 1. The van der Waals surface area contributed by atoms with Gasteiger partial charge in [-0.2, -0.15) is 13.2 Å². The van der Waals surface area contributed by atoms with Crippen LogP contribution in [0.4, 0.5) is 24.5 Å². The van der Waals surface area contributed by atoms with Crippen molar-refractivity contribution >= 4 is 23.2 Å². The van der Waals surface area contributed by atoms with Gasteiger partial charge in [0.1, 0.15) is 11.8 Å². The fourth-order valence-corrected chi connectivity index (χ4v) is 2.36. The van der Waals surface area contributed by atoms with E-state index in [1.807, 2.05) is 0 Å². The standard InChI is InChI=1S/C19H18F3N3O5/c1-11-6-7-15(16(8-11)30-10-19(20,21)22)24-17(26)12(2)23-18(27)13-4-3-5-14(9-13)25(28)29/h3-9,12H,10H2,1-2H3,(H,23,27)(H,24,26). The zero-order chi connectivity index (χ0) is 22.5. The molecule has 2 rings (SSSR count). The maximum absolute atomic E-state index is 12.4. The van der Waals surface area contributed by atoms with Gasteiger partial charge in [-0.3, -0.25) is 19.7 Å². The Morgan fingerprint density at radius 3 is 2.53 bits per heavy atom. The Balaban J connectivity index is 2.08. The maximum Gasteiger partial charge on any atom is 0.422 e. The number of ether oxygens (including phenoxy) is 1. The molecule has 11 heteroatoms. The van der Waals surface area contributed by atoms with E-state index in [1.165, 1.54) is 37.3 Å². The summed E-state index contributed by atoms with van der Waals surface area (Å²) in [6, 6.07) is 8.15. The summed E-state index contributed by atoms with van der Waals surface area (Å²) < 4.78 is 42.1. The van der Waals surface area contributed by atoms with E-state index in [4.69, 9.17) is 4.74 Å². The number of hydrogen-bond donors (Lipinski definition) is 2. The molecule has 0 aliphatic heterocycles. The molecule has 2 amide bonds. The third-order valence-electron chi connectivity index (χ3n) is 3.85.